The lowest BCUT2D eigenvalue weighted by atomic mass is 10.0. The second-order valence-electron chi connectivity index (χ2n) is 22.7. The number of rotatable bonds is 26. The lowest BCUT2D eigenvalue weighted by molar-refractivity contribution is 0.317. The minimum Gasteiger partial charge on any atom is -0.507 e. The number of azo groups is 5. The first-order chi connectivity index (χ1) is 50.5. The van der Waals surface area contributed by atoms with Gasteiger partial charge in [-0.2, -0.15) is 74.3 Å². The summed E-state index contributed by atoms with van der Waals surface area (Å²) in [5, 5.41) is 88.2. The van der Waals surface area contributed by atoms with Gasteiger partial charge in [-0.3, -0.25) is 31.9 Å². The van der Waals surface area contributed by atoms with E-state index < -0.39 is 164 Å². The number of aryl methyl sites for hydroxylation is 1. The summed E-state index contributed by atoms with van der Waals surface area (Å²) in [6.45, 7) is 2.42. The number of allylic oxidation sites excluding steroid dienone is 2. The van der Waals surface area contributed by atoms with Crippen LogP contribution >= 0.6 is 0 Å². The van der Waals surface area contributed by atoms with Crippen LogP contribution in [0, 0.1) is 6.92 Å². The number of anilines is 2. The molecule has 0 saturated heterocycles. The highest BCUT2D eigenvalue weighted by Gasteiger charge is 2.29. The molecule has 44 heteroatoms. The fourth-order valence-corrected chi connectivity index (χ4v) is 14.5. The SMILES string of the molecule is CC/C=C(\C=C(\N=Nc1cc(OCCCS(=O)(=O)O)c(N=Nc2c(S(=O)(=O)O)cc3cc(N=Nc4c(Nc5ccccc5)ccc5c(O)c(N=Nc6ccc7c(O)c(N=Nc8ccccc8S(=O)(=O)O)c(S(=O)(=O)O)cc7c6)c(S(=O)(=O)O)cc45)ccc3c2O)cc1C)c1ccc(S(=O)(=O)O)cc1O)S(=O)(=O)O. The molecule has 0 spiro atoms. The highest BCUT2D eigenvalue weighted by Crippen LogP contribution is 2.50. The Kier molecular flexibility index (Phi) is 22.6. The van der Waals surface area contributed by atoms with Crippen LogP contribution in [0.15, 0.2) is 244 Å². The van der Waals surface area contributed by atoms with Gasteiger partial charge in [0.05, 0.1) is 50.6 Å². The molecule has 0 atom stereocenters. The van der Waals surface area contributed by atoms with Crippen LogP contribution in [0.25, 0.3) is 38.0 Å². The Morgan fingerprint density at radius 1 is 0.454 bits per heavy atom. The summed E-state index contributed by atoms with van der Waals surface area (Å²) in [5.74, 6) is -4.79. The molecule has 0 aromatic heterocycles. The Hall–Kier alpha value is -11.4. The molecular weight excluding hydrogens is 1560 g/mol. The summed E-state index contributed by atoms with van der Waals surface area (Å²) in [4.78, 5) is -5.45. The minimum absolute atomic E-state index is 0.0312. The lowest BCUT2D eigenvalue weighted by Crippen LogP contribution is -2.08. The number of para-hydroxylation sites is 1. The maximum atomic E-state index is 13.3. The van der Waals surface area contributed by atoms with Crippen molar-refractivity contribution in [1.82, 2.24) is 0 Å². The van der Waals surface area contributed by atoms with Crippen molar-refractivity contribution in [3.63, 3.8) is 0 Å². The molecule has 0 aliphatic heterocycles. The van der Waals surface area contributed by atoms with Crippen molar-refractivity contribution in [3.05, 3.63) is 180 Å². The van der Waals surface area contributed by atoms with Gasteiger partial charge in [-0.1, -0.05) is 43.3 Å². The Morgan fingerprint density at radius 3 is 1.49 bits per heavy atom. The highest BCUT2D eigenvalue weighted by molar-refractivity contribution is 7.90. The molecule has 0 amide bonds. The largest absolute Gasteiger partial charge is 0.507 e. The number of benzene rings is 10. The molecule has 562 valence electrons. The number of aromatic hydroxyl groups is 4. The zero-order valence-corrected chi connectivity index (χ0v) is 60.5. The van der Waals surface area contributed by atoms with E-state index in [2.05, 4.69) is 56.5 Å². The molecule has 0 heterocycles. The van der Waals surface area contributed by atoms with Gasteiger partial charge in [0.2, 0.25) is 0 Å². The van der Waals surface area contributed by atoms with Crippen LogP contribution in [0.4, 0.5) is 62.6 Å². The van der Waals surface area contributed by atoms with Crippen LogP contribution in [0.2, 0.25) is 0 Å². The molecule has 0 fully saturated rings. The third-order valence-corrected chi connectivity index (χ3v) is 21.3. The molecular formula is C64H53N11O26S7. The predicted molar refractivity (Wildman–Crippen MR) is 387 cm³/mol. The molecule has 12 N–H and O–H groups in total. The van der Waals surface area contributed by atoms with Gasteiger partial charge < -0.3 is 30.5 Å². The number of nitrogens with zero attached hydrogens (tertiary/aromatic N) is 10. The molecule has 0 saturated carbocycles. The molecule has 10 aromatic rings. The monoisotopic (exact) mass is 1620 g/mol. The molecule has 0 bridgehead atoms. The van der Waals surface area contributed by atoms with Gasteiger partial charge in [-0.25, -0.2) is 0 Å². The maximum absolute atomic E-state index is 13.3. The van der Waals surface area contributed by atoms with E-state index in [0.717, 1.165) is 72.8 Å². The van der Waals surface area contributed by atoms with Gasteiger partial charge in [0, 0.05) is 44.9 Å². The van der Waals surface area contributed by atoms with Crippen molar-refractivity contribution in [2.45, 2.75) is 51.2 Å². The van der Waals surface area contributed by atoms with Crippen molar-refractivity contribution < 1.29 is 116 Å². The third kappa shape index (κ3) is 18.5. The number of ether oxygens (including phenoxy) is 1. The Balaban J connectivity index is 1.03. The average molecular weight is 1620 g/mol. The van der Waals surface area contributed by atoms with Crippen LogP contribution < -0.4 is 10.1 Å². The molecule has 0 aliphatic carbocycles. The molecule has 37 nitrogen and oxygen atoms in total. The highest BCUT2D eigenvalue weighted by atomic mass is 32.2. The maximum Gasteiger partial charge on any atom is 0.296 e. The van der Waals surface area contributed by atoms with E-state index in [-0.39, 0.29) is 96.2 Å². The average Bonchev–Trinajstić information content (AvgIpc) is 0.756. The van der Waals surface area contributed by atoms with Crippen LogP contribution in [0.3, 0.4) is 0 Å². The first-order valence-electron chi connectivity index (χ1n) is 30.2. The number of nitrogens with one attached hydrogen (secondary N) is 1. The summed E-state index contributed by atoms with van der Waals surface area (Å²) in [6.07, 6.45) is 1.51. The van der Waals surface area contributed by atoms with Gasteiger partial charge in [-0.15, -0.1) is 35.8 Å². The second kappa shape index (κ2) is 30.8. The molecule has 0 aliphatic rings. The first kappa shape index (κ1) is 79.2. The zero-order valence-electron chi connectivity index (χ0n) is 54.8. The summed E-state index contributed by atoms with van der Waals surface area (Å²) < 4.78 is 250. The quantitative estimate of drug-likeness (QED) is 0.0104. The van der Waals surface area contributed by atoms with Crippen molar-refractivity contribution in [2.24, 2.45) is 51.1 Å². The van der Waals surface area contributed by atoms with Gasteiger partial charge in [-0.05, 0) is 151 Å². The number of hydrogen-bond acceptors (Lipinski definition) is 30. The number of fused-ring (bicyclic) bond motifs is 3. The van der Waals surface area contributed by atoms with Gasteiger partial charge in [0.1, 0.15) is 65.2 Å². The summed E-state index contributed by atoms with van der Waals surface area (Å²) in [7, 11) is -35.4. The van der Waals surface area contributed by atoms with E-state index in [9.17, 15) is 111 Å². The van der Waals surface area contributed by atoms with Crippen molar-refractivity contribution in [2.75, 3.05) is 17.7 Å². The van der Waals surface area contributed by atoms with Crippen molar-refractivity contribution in [3.8, 4) is 28.7 Å². The fraction of sp³-hybridized carbons (Fsp3) is 0.0938. The van der Waals surface area contributed by atoms with E-state index >= 15 is 0 Å². The molecule has 0 radical (unpaired) electrons. The van der Waals surface area contributed by atoms with E-state index in [4.69, 9.17) is 4.74 Å². The molecule has 10 aromatic carbocycles. The van der Waals surface area contributed by atoms with E-state index in [1.165, 1.54) is 68.4 Å². The molecule has 0 unspecified atom stereocenters. The minimum atomic E-state index is -5.42. The summed E-state index contributed by atoms with van der Waals surface area (Å²) in [6, 6.07) is 29.8. The number of phenolic OH excluding ortho intramolecular Hbond substituents is 4. The normalized spacial score (nSPS) is 13.4. The van der Waals surface area contributed by atoms with Crippen molar-refractivity contribution in [1.29, 1.82) is 0 Å². The predicted octanol–water partition coefficient (Wildman–Crippen LogP) is 14.9. The molecule has 108 heavy (non-hydrogen) atoms. The topological polar surface area (TPSA) is 606 Å². The second-order valence-corrected chi connectivity index (χ2v) is 32.7. The fourth-order valence-electron chi connectivity index (χ4n) is 10.3. The Morgan fingerprint density at radius 2 is 0.963 bits per heavy atom. The van der Waals surface area contributed by atoms with Crippen molar-refractivity contribution >= 4 is 171 Å². The summed E-state index contributed by atoms with van der Waals surface area (Å²) in [5.41, 5.74) is -4.46. The van der Waals surface area contributed by atoms with Crippen LogP contribution in [-0.2, 0) is 70.8 Å². The Bertz CT molecular complexity index is 6480. The van der Waals surface area contributed by atoms with Gasteiger partial charge in [0.25, 0.3) is 70.8 Å². The number of hydrogen-bond donors (Lipinski definition) is 12. The molecule has 10 rings (SSSR count). The third-order valence-electron chi connectivity index (χ3n) is 15.2. The van der Waals surface area contributed by atoms with E-state index in [0.29, 0.717) is 11.8 Å². The van der Waals surface area contributed by atoms with Crippen LogP contribution in [-0.4, -0.2) is 124 Å². The van der Waals surface area contributed by atoms with Gasteiger partial charge >= 0.3 is 0 Å². The van der Waals surface area contributed by atoms with E-state index in [1.54, 1.807) is 30.3 Å². The standard InChI is InChI=1S/C64H53N11O26S7/c1-3-10-40(103(83,84)85)30-50(45-20-17-41(31-52(45)76)104(86,87)88)70-69-49-33-53(101-23-9-24-102(80,81)82)51(25-34(49)2)71-75-60-56(107(95,96)97)29-35-26-38(15-18-43(35)63(60)78)66-72-58-46-32-57(108(98,99)100)61(64(79)44(46)21-22-48(58)65-37-11-5-4-6-12-37)73-67-39-16-19-42-36(27-39)28-55(106(92,93)94)59(62(42)77)74-68-47-13-7-8-14-54(47)105(89,90)91/h4-8,10-22,25-33,65,76-79H,3,9,23-24H2,1-2H3,(H,80,81,82)(H,83,84,85)(H,86,87,88)(H,89,90,91)(H,92,93,94)(H,95,96,97)(H,98,99,100)/b40-10+,50-30+,70-69?,72-66?,73-67?,74-68?,75-71?. The van der Waals surface area contributed by atoms with E-state index in [1.807, 2.05) is 0 Å². The Labute approximate surface area is 612 Å². The summed E-state index contributed by atoms with van der Waals surface area (Å²) >= 11 is 0. The lowest BCUT2D eigenvalue weighted by Gasteiger charge is -2.14. The number of phenols is 4. The smallest absolute Gasteiger partial charge is 0.296 e. The van der Waals surface area contributed by atoms with Crippen LogP contribution in [0.5, 0.6) is 28.7 Å². The zero-order chi connectivity index (χ0) is 78.8. The van der Waals surface area contributed by atoms with Gasteiger partial charge in [0.15, 0.2) is 17.2 Å². The van der Waals surface area contributed by atoms with Crippen LogP contribution in [0.1, 0.15) is 30.9 Å². The first-order valence-corrected chi connectivity index (χ1v) is 40.5.